The average Bonchev–Trinajstić information content (AvgIpc) is 2.81. The van der Waals surface area contributed by atoms with Crippen molar-refractivity contribution in [3.05, 3.63) is 45.9 Å². The molecule has 0 atom stereocenters. The minimum atomic E-state index is -4.33. The summed E-state index contributed by atoms with van der Waals surface area (Å²) in [5.74, 6) is -2.81. The molecule has 10 heteroatoms. The average molecular weight is 347 g/mol. The fourth-order valence-electron chi connectivity index (χ4n) is 1.57. The van der Waals surface area contributed by atoms with E-state index in [0.717, 1.165) is 17.1 Å². The number of nitrogens with zero attached hydrogens (tertiary/aromatic N) is 1. The Balaban J connectivity index is 2.01. The molecule has 0 aliphatic rings. The lowest BCUT2D eigenvalue weighted by molar-refractivity contribution is -0.120. The van der Waals surface area contributed by atoms with Crippen molar-refractivity contribution < 1.29 is 22.0 Å². The predicted molar refractivity (Wildman–Crippen MR) is 75.4 cm³/mol. The lowest BCUT2D eigenvalue weighted by Crippen LogP contribution is -2.42. The maximum atomic E-state index is 13.4. The van der Waals surface area contributed by atoms with E-state index >= 15 is 0 Å². The number of halogens is 2. The highest BCUT2D eigenvalue weighted by molar-refractivity contribution is 7.89. The first-order valence-electron chi connectivity index (χ1n) is 5.94. The van der Waals surface area contributed by atoms with Gasteiger partial charge in [0.1, 0.15) is 16.5 Å². The van der Waals surface area contributed by atoms with E-state index in [1.807, 2.05) is 5.43 Å². The summed E-state index contributed by atoms with van der Waals surface area (Å²) in [6.07, 6.45) is -0.126. The summed E-state index contributed by atoms with van der Waals surface area (Å²) >= 11 is 1.36. The van der Waals surface area contributed by atoms with Crippen LogP contribution >= 0.6 is 11.3 Å². The van der Waals surface area contributed by atoms with Crippen molar-refractivity contribution in [1.29, 1.82) is 0 Å². The number of hydrogen-bond acceptors (Lipinski definition) is 5. The number of aromatic nitrogens is 1. The lowest BCUT2D eigenvalue weighted by Gasteiger charge is -2.08. The first-order chi connectivity index (χ1) is 10.3. The van der Waals surface area contributed by atoms with Crippen LogP contribution < -0.4 is 10.3 Å². The first-order valence-corrected chi connectivity index (χ1v) is 8.31. The Morgan fingerprint density at radius 3 is 2.68 bits per heavy atom. The standard InChI is InChI=1S/C12H11F2N3O3S2/c1-7-15-9(6-21-7)5-12(18)16-17-22(19,20)11-3-2-8(13)4-10(11)14/h2-4,6,17H,5H2,1H3,(H,16,18). The molecule has 0 radical (unpaired) electrons. The van der Waals surface area contributed by atoms with E-state index in [2.05, 4.69) is 4.98 Å². The van der Waals surface area contributed by atoms with Crippen LogP contribution in [-0.4, -0.2) is 19.3 Å². The zero-order chi connectivity index (χ0) is 16.3. The number of thiazole rings is 1. The fraction of sp³-hybridized carbons (Fsp3) is 0.167. The molecule has 0 saturated carbocycles. The lowest BCUT2D eigenvalue weighted by atomic mass is 10.3. The van der Waals surface area contributed by atoms with Crippen LogP contribution in [0.3, 0.4) is 0 Å². The van der Waals surface area contributed by atoms with Gasteiger partial charge in [0.25, 0.3) is 10.0 Å². The molecular weight excluding hydrogens is 336 g/mol. The van der Waals surface area contributed by atoms with Crippen LogP contribution in [0.25, 0.3) is 0 Å². The highest BCUT2D eigenvalue weighted by Crippen LogP contribution is 2.14. The number of hydrazine groups is 1. The molecule has 0 aliphatic carbocycles. The Bertz CT molecular complexity index is 806. The van der Waals surface area contributed by atoms with Crippen molar-refractivity contribution in [2.45, 2.75) is 18.2 Å². The largest absolute Gasteiger partial charge is 0.277 e. The summed E-state index contributed by atoms with van der Waals surface area (Å²) in [5, 5.41) is 2.44. The molecule has 0 aliphatic heterocycles. The van der Waals surface area contributed by atoms with Crippen LogP contribution in [0.1, 0.15) is 10.7 Å². The van der Waals surface area contributed by atoms with Crippen LogP contribution in [0.2, 0.25) is 0 Å². The van der Waals surface area contributed by atoms with Gasteiger partial charge in [0.2, 0.25) is 5.91 Å². The SMILES string of the molecule is Cc1nc(CC(=O)NNS(=O)(=O)c2ccc(F)cc2F)cs1. The van der Waals surface area contributed by atoms with E-state index in [-0.39, 0.29) is 6.42 Å². The number of carbonyl (C=O) groups excluding carboxylic acids is 1. The quantitative estimate of drug-likeness (QED) is 0.798. The maximum absolute atomic E-state index is 13.4. The van der Waals surface area contributed by atoms with Gasteiger partial charge in [0.05, 0.1) is 17.1 Å². The van der Waals surface area contributed by atoms with Crippen LogP contribution in [0.5, 0.6) is 0 Å². The van der Waals surface area contributed by atoms with Crippen LogP contribution in [0.4, 0.5) is 8.78 Å². The monoisotopic (exact) mass is 347 g/mol. The summed E-state index contributed by atoms with van der Waals surface area (Å²) in [7, 11) is -4.33. The Labute approximate surface area is 129 Å². The van der Waals surface area contributed by atoms with Crippen LogP contribution in [0.15, 0.2) is 28.5 Å². The molecule has 0 saturated heterocycles. The van der Waals surface area contributed by atoms with Gasteiger partial charge in [-0.05, 0) is 19.1 Å². The van der Waals surface area contributed by atoms with Gasteiger partial charge in [0, 0.05) is 11.4 Å². The van der Waals surface area contributed by atoms with E-state index in [1.54, 1.807) is 17.1 Å². The Kier molecular flexibility index (Phi) is 4.84. The summed E-state index contributed by atoms with van der Waals surface area (Å²) in [6.45, 7) is 1.77. The maximum Gasteiger partial charge on any atom is 0.260 e. The Morgan fingerprint density at radius 1 is 1.36 bits per heavy atom. The van der Waals surface area contributed by atoms with Gasteiger partial charge in [-0.15, -0.1) is 16.2 Å². The van der Waals surface area contributed by atoms with E-state index in [0.29, 0.717) is 11.8 Å². The second kappa shape index (κ2) is 6.46. The number of rotatable bonds is 5. The van der Waals surface area contributed by atoms with Gasteiger partial charge >= 0.3 is 0 Å². The fourth-order valence-corrected chi connectivity index (χ4v) is 3.10. The number of amides is 1. The molecule has 1 aromatic carbocycles. The molecule has 0 fully saturated rings. The van der Waals surface area contributed by atoms with Gasteiger partial charge in [-0.25, -0.2) is 22.2 Å². The summed E-state index contributed by atoms with van der Waals surface area (Å²) in [5.41, 5.74) is 2.44. The van der Waals surface area contributed by atoms with Gasteiger partial charge in [0.15, 0.2) is 0 Å². The van der Waals surface area contributed by atoms with Crippen molar-refractivity contribution >= 4 is 27.3 Å². The number of hydrogen-bond donors (Lipinski definition) is 2. The van der Waals surface area contributed by atoms with Crippen molar-refractivity contribution in [3.8, 4) is 0 Å². The van der Waals surface area contributed by atoms with Gasteiger partial charge in [-0.3, -0.25) is 10.2 Å². The number of benzene rings is 1. The van der Waals surface area contributed by atoms with E-state index in [9.17, 15) is 22.0 Å². The minimum Gasteiger partial charge on any atom is -0.277 e. The molecule has 1 heterocycles. The van der Waals surface area contributed by atoms with Crippen LogP contribution in [0, 0.1) is 18.6 Å². The third-order valence-electron chi connectivity index (χ3n) is 2.52. The Morgan fingerprint density at radius 2 is 2.09 bits per heavy atom. The van der Waals surface area contributed by atoms with E-state index in [4.69, 9.17) is 0 Å². The number of nitrogens with one attached hydrogen (secondary N) is 2. The molecule has 2 rings (SSSR count). The number of carbonyl (C=O) groups is 1. The van der Waals surface area contributed by atoms with E-state index < -0.39 is 32.5 Å². The van der Waals surface area contributed by atoms with E-state index in [1.165, 1.54) is 11.3 Å². The second-order valence-electron chi connectivity index (χ2n) is 4.26. The number of sulfonamides is 1. The normalized spacial score (nSPS) is 11.4. The zero-order valence-electron chi connectivity index (χ0n) is 11.3. The summed E-state index contributed by atoms with van der Waals surface area (Å²) < 4.78 is 49.8. The topological polar surface area (TPSA) is 88.2 Å². The molecule has 118 valence electrons. The molecule has 2 aromatic rings. The zero-order valence-corrected chi connectivity index (χ0v) is 12.9. The molecular formula is C12H11F2N3O3S2. The smallest absolute Gasteiger partial charge is 0.260 e. The Hall–Kier alpha value is -1.91. The van der Waals surface area contributed by atoms with Crippen LogP contribution in [-0.2, 0) is 21.2 Å². The molecule has 1 aromatic heterocycles. The highest BCUT2D eigenvalue weighted by atomic mass is 32.2. The van der Waals surface area contributed by atoms with Crippen molar-refractivity contribution in [3.63, 3.8) is 0 Å². The van der Waals surface area contributed by atoms with Gasteiger partial charge < -0.3 is 0 Å². The van der Waals surface area contributed by atoms with Crippen molar-refractivity contribution in [2.24, 2.45) is 0 Å². The molecule has 2 N–H and O–H groups in total. The van der Waals surface area contributed by atoms with Gasteiger partial charge in [-0.1, -0.05) is 0 Å². The summed E-state index contributed by atoms with van der Waals surface area (Å²) in [4.78, 5) is 16.7. The summed E-state index contributed by atoms with van der Waals surface area (Å²) in [6, 6.07) is 2.01. The predicted octanol–water partition coefficient (Wildman–Crippen LogP) is 1.28. The molecule has 1 amide bonds. The highest BCUT2D eigenvalue weighted by Gasteiger charge is 2.20. The number of aryl methyl sites for hydroxylation is 1. The van der Waals surface area contributed by atoms with Crippen molar-refractivity contribution in [2.75, 3.05) is 0 Å². The third kappa shape index (κ3) is 4.06. The van der Waals surface area contributed by atoms with Crippen molar-refractivity contribution in [1.82, 2.24) is 15.2 Å². The minimum absolute atomic E-state index is 0.126. The second-order valence-corrected chi connectivity index (χ2v) is 6.98. The van der Waals surface area contributed by atoms with Gasteiger partial charge in [-0.2, -0.15) is 0 Å². The molecule has 0 bridgehead atoms. The molecule has 0 unspecified atom stereocenters. The molecule has 0 spiro atoms. The first kappa shape index (κ1) is 16.5. The third-order valence-corrected chi connectivity index (χ3v) is 4.62. The molecule has 6 nitrogen and oxygen atoms in total. The molecule has 22 heavy (non-hydrogen) atoms.